The van der Waals surface area contributed by atoms with Gasteiger partial charge < -0.3 is 4.74 Å². The Morgan fingerprint density at radius 2 is 1.63 bits per heavy atom. The van der Waals surface area contributed by atoms with Crippen molar-refractivity contribution >= 4 is 21.8 Å². The van der Waals surface area contributed by atoms with E-state index in [1.165, 1.54) is 9.21 Å². The smallest absolute Gasteiger partial charge is 0.243 e. The number of nitrogens with zero attached hydrogens (tertiary/aromatic N) is 2. The fraction of sp³-hybridized carbons (Fsp3) is 0.474. The van der Waals surface area contributed by atoms with Gasteiger partial charge in [-0.2, -0.15) is 4.31 Å². The van der Waals surface area contributed by atoms with Gasteiger partial charge in [0.15, 0.2) is 0 Å². The number of amides is 2. The van der Waals surface area contributed by atoms with Gasteiger partial charge in [-0.1, -0.05) is 24.3 Å². The van der Waals surface area contributed by atoms with Gasteiger partial charge in [0.1, 0.15) is 0 Å². The fourth-order valence-electron chi connectivity index (χ4n) is 3.95. The van der Waals surface area contributed by atoms with Crippen LogP contribution in [-0.4, -0.2) is 55.7 Å². The van der Waals surface area contributed by atoms with Crippen molar-refractivity contribution in [1.29, 1.82) is 0 Å². The maximum absolute atomic E-state index is 12.8. The van der Waals surface area contributed by atoms with Crippen molar-refractivity contribution in [2.24, 2.45) is 11.8 Å². The Hall–Kier alpha value is -2.03. The summed E-state index contributed by atoms with van der Waals surface area (Å²) in [7, 11) is -3.61. The highest BCUT2D eigenvalue weighted by Crippen LogP contribution is 2.36. The van der Waals surface area contributed by atoms with Crippen molar-refractivity contribution in [3.05, 3.63) is 42.0 Å². The van der Waals surface area contributed by atoms with Crippen molar-refractivity contribution in [3.8, 4) is 0 Å². The molecule has 2 heterocycles. The third kappa shape index (κ3) is 3.33. The molecule has 0 radical (unpaired) electrons. The SMILES string of the molecule is O=C1C2CC=CCC2C(=O)N1Cc1cccc(S(=O)(=O)N2CCOCC2)c1. The Morgan fingerprint density at radius 3 is 2.26 bits per heavy atom. The van der Waals surface area contributed by atoms with Crippen LogP contribution in [0.1, 0.15) is 18.4 Å². The lowest BCUT2D eigenvalue weighted by Crippen LogP contribution is -2.40. The normalized spacial score (nSPS) is 26.4. The molecule has 2 aliphatic heterocycles. The van der Waals surface area contributed by atoms with E-state index in [9.17, 15) is 18.0 Å². The molecule has 27 heavy (non-hydrogen) atoms. The Morgan fingerprint density at radius 1 is 1.00 bits per heavy atom. The molecule has 144 valence electrons. The number of carbonyl (C=O) groups is 2. The second kappa shape index (κ2) is 7.18. The molecule has 1 aliphatic carbocycles. The molecule has 8 heteroatoms. The highest BCUT2D eigenvalue weighted by atomic mass is 32.2. The molecule has 0 aromatic heterocycles. The van der Waals surface area contributed by atoms with E-state index in [4.69, 9.17) is 4.74 Å². The van der Waals surface area contributed by atoms with Crippen molar-refractivity contribution in [3.63, 3.8) is 0 Å². The summed E-state index contributed by atoms with van der Waals surface area (Å²) in [5, 5.41) is 0. The van der Waals surface area contributed by atoms with Crippen LogP contribution in [0, 0.1) is 11.8 Å². The Kier molecular flexibility index (Phi) is 4.88. The van der Waals surface area contributed by atoms with Crippen LogP contribution < -0.4 is 0 Å². The summed E-state index contributed by atoms with van der Waals surface area (Å²) in [5.74, 6) is -0.864. The van der Waals surface area contributed by atoms with Gasteiger partial charge in [-0.05, 0) is 30.5 Å². The zero-order valence-electron chi connectivity index (χ0n) is 14.9. The van der Waals surface area contributed by atoms with E-state index in [1.54, 1.807) is 24.3 Å². The first-order valence-electron chi connectivity index (χ1n) is 9.15. The van der Waals surface area contributed by atoms with Crippen LogP contribution in [0.25, 0.3) is 0 Å². The number of hydrogen-bond acceptors (Lipinski definition) is 5. The highest BCUT2D eigenvalue weighted by Gasteiger charge is 2.47. The van der Waals surface area contributed by atoms with E-state index in [0.717, 1.165) is 0 Å². The molecule has 0 spiro atoms. The average Bonchev–Trinajstić information content (AvgIpc) is 2.94. The molecule has 2 amide bonds. The summed E-state index contributed by atoms with van der Waals surface area (Å²) in [6.07, 6.45) is 5.09. The first-order valence-corrected chi connectivity index (χ1v) is 10.6. The summed E-state index contributed by atoms with van der Waals surface area (Å²) in [4.78, 5) is 26.7. The zero-order valence-corrected chi connectivity index (χ0v) is 15.7. The van der Waals surface area contributed by atoms with Gasteiger partial charge in [0.25, 0.3) is 0 Å². The number of morpholine rings is 1. The summed E-state index contributed by atoms with van der Waals surface area (Å²) in [6, 6.07) is 6.51. The molecule has 0 N–H and O–H groups in total. The van der Waals surface area contributed by atoms with Gasteiger partial charge in [0.05, 0.1) is 36.5 Å². The number of likely N-dealkylation sites (tertiary alicyclic amines) is 1. The number of benzene rings is 1. The lowest BCUT2D eigenvalue weighted by molar-refractivity contribution is -0.140. The third-order valence-corrected chi connectivity index (χ3v) is 7.34. The number of fused-ring (bicyclic) bond motifs is 1. The van der Waals surface area contributed by atoms with Gasteiger partial charge in [0, 0.05) is 13.1 Å². The van der Waals surface area contributed by atoms with Gasteiger partial charge in [-0.25, -0.2) is 8.42 Å². The summed E-state index contributed by atoms with van der Waals surface area (Å²) < 4.78 is 32.3. The number of hydrogen-bond donors (Lipinski definition) is 0. The molecule has 2 fully saturated rings. The van der Waals surface area contributed by atoms with Crippen LogP contribution in [0.3, 0.4) is 0 Å². The van der Waals surface area contributed by atoms with Crippen LogP contribution in [0.4, 0.5) is 0 Å². The predicted molar refractivity (Wildman–Crippen MR) is 96.9 cm³/mol. The van der Waals surface area contributed by atoms with Gasteiger partial charge in [0.2, 0.25) is 21.8 Å². The lowest BCUT2D eigenvalue weighted by atomic mass is 9.85. The first kappa shape index (κ1) is 18.3. The summed E-state index contributed by atoms with van der Waals surface area (Å²) >= 11 is 0. The number of rotatable bonds is 4. The maximum atomic E-state index is 12.8. The second-order valence-corrected chi connectivity index (χ2v) is 9.02. The molecule has 1 aromatic rings. The monoisotopic (exact) mass is 390 g/mol. The molecular formula is C19H22N2O5S. The van der Waals surface area contributed by atoms with Crippen molar-refractivity contribution < 1.29 is 22.7 Å². The lowest BCUT2D eigenvalue weighted by Gasteiger charge is -2.26. The topological polar surface area (TPSA) is 84.0 Å². The van der Waals surface area contributed by atoms with Crippen LogP contribution in [0.15, 0.2) is 41.3 Å². The Balaban J connectivity index is 1.55. The quantitative estimate of drug-likeness (QED) is 0.569. The van der Waals surface area contributed by atoms with Gasteiger partial charge in [-0.3, -0.25) is 14.5 Å². The molecule has 0 saturated carbocycles. The minimum atomic E-state index is -3.61. The third-order valence-electron chi connectivity index (χ3n) is 5.45. The minimum absolute atomic E-state index is 0.108. The minimum Gasteiger partial charge on any atom is -0.379 e. The number of allylic oxidation sites excluding steroid dienone is 2. The van der Waals surface area contributed by atoms with Gasteiger partial charge >= 0.3 is 0 Å². The molecule has 1 aromatic carbocycles. The van der Waals surface area contributed by atoms with E-state index in [2.05, 4.69) is 0 Å². The maximum Gasteiger partial charge on any atom is 0.243 e. The molecule has 7 nitrogen and oxygen atoms in total. The number of ether oxygens (including phenoxy) is 1. The van der Waals surface area contributed by atoms with Crippen molar-refractivity contribution in [1.82, 2.24) is 9.21 Å². The van der Waals surface area contributed by atoms with E-state index >= 15 is 0 Å². The van der Waals surface area contributed by atoms with E-state index in [1.807, 2.05) is 12.2 Å². The average molecular weight is 390 g/mol. The highest BCUT2D eigenvalue weighted by molar-refractivity contribution is 7.89. The molecule has 2 saturated heterocycles. The van der Waals surface area contributed by atoms with Gasteiger partial charge in [-0.15, -0.1) is 0 Å². The summed E-state index contributed by atoms with van der Waals surface area (Å²) in [5.41, 5.74) is 0.637. The number of imide groups is 1. The standard InChI is InChI=1S/C19H22N2O5S/c22-18-16-6-1-2-7-17(16)19(23)21(18)13-14-4-3-5-15(12-14)27(24,25)20-8-10-26-11-9-20/h1-5,12,16-17H,6-11,13H2. The molecule has 0 bridgehead atoms. The molecule has 2 atom stereocenters. The van der Waals surface area contributed by atoms with Crippen LogP contribution in [0.2, 0.25) is 0 Å². The molecular weight excluding hydrogens is 368 g/mol. The largest absolute Gasteiger partial charge is 0.379 e. The predicted octanol–water partition coefficient (Wildman–Crippen LogP) is 1.16. The number of carbonyl (C=O) groups excluding carboxylic acids is 2. The summed E-state index contributed by atoms with van der Waals surface area (Å²) in [6.45, 7) is 1.52. The van der Waals surface area contributed by atoms with E-state index < -0.39 is 10.0 Å². The Bertz CT molecular complexity index is 863. The molecule has 4 rings (SSSR count). The molecule has 3 aliphatic rings. The van der Waals surface area contributed by atoms with Crippen LogP contribution in [-0.2, 0) is 30.9 Å². The Labute approximate surface area is 158 Å². The second-order valence-electron chi connectivity index (χ2n) is 7.08. The van der Waals surface area contributed by atoms with E-state index in [-0.39, 0.29) is 35.1 Å². The molecule has 2 unspecified atom stereocenters. The van der Waals surface area contributed by atoms with Crippen LogP contribution in [0.5, 0.6) is 0 Å². The van der Waals surface area contributed by atoms with E-state index in [0.29, 0.717) is 44.7 Å². The van der Waals surface area contributed by atoms with Crippen molar-refractivity contribution in [2.75, 3.05) is 26.3 Å². The zero-order chi connectivity index (χ0) is 19.0. The first-order chi connectivity index (χ1) is 13.0. The van der Waals surface area contributed by atoms with Crippen molar-refractivity contribution in [2.45, 2.75) is 24.3 Å². The van der Waals surface area contributed by atoms with Crippen LogP contribution >= 0.6 is 0 Å². The number of sulfonamides is 1. The fourth-order valence-corrected chi connectivity index (χ4v) is 5.43.